The van der Waals surface area contributed by atoms with E-state index in [1.165, 1.54) is 31.4 Å². The number of halogens is 1. The maximum Gasteiger partial charge on any atom is 0.128 e. The zero-order valence-corrected chi connectivity index (χ0v) is 11.6. The first kappa shape index (κ1) is 11.9. The second-order valence-electron chi connectivity index (χ2n) is 4.63. The average Bonchev–Trinajstić information content (AvgIpc) is 2.21. The number of pyridine rings is 1. The number of anilines is 1. The van der Waals surface area contributed by atoms with Crippen molar-refractivity contribution >= 4 is 21.7 Å². The van der Waals surface area contributed by atoms with Crippen molar-refractivity contribution in [3.63, 3.8) is 0 Å². The molecule has 0 amide bonds. The first-order valence-electron chi connectivity index (χ1n) is 6.07. The second-order valence-corrected chi connectivity index (χ2v) is 5.48. The third kappa shape index (κ3) is 2.57. The van der Waals surface area contributed by atoms with E-state index in [-0.39, 0.29) is 0 Å². The van der Waals surface area contributed by atoms with Gasteiger partial charge in [-0.05, 0) is 60.2 Å². The third-order valence-corrected chi connectivity index (χ3v) is 4.27. The Kier molecular flexibility index (Phi) is 3.85. The molecule has 2 rings (SSSR count). The fourth-order valence-corrected chi connectivity index (χ4v) is 2.29. The molecular weight excluding hydrogens is 264 g/mol. The molecule has 0 aliphatic heterocycles. The van der Waals surface area contributed by atoms with Crippen LogP contribution in [0.2, 0.25) is 0 Å². The first-order valence-corrected chi connectivity index (χ1v) is 6.87. The van der Waals surface area contributed by atoms with Gasteiger partial charge in [0.05, 0.1) is 0 Å². The van der Waals surface area contributed by atoms with Crippen LogP contribution in [0.25, 0.3) is 0 Å². The van der Waals surface area contributed by atoms with Crippen LogP contribution in [0.3, 0.4) is 0 Å². The number of aromatic nitrogens is 1. The lowest BCUT2D eigenvalue weighted by Crippen LogP contribution is -2.33. The summed E-state index contributed by atoms with van der Waals surface area (Å²) < 4.78 is 1.09. The maximum atomic E-state index is 4.50. The Morgan fingerprint density at radius 3 is 2.75 bits per heavy atom. The summed E-state index contributed by atoms with van der Waals surface area (Å²) in [6.45, 7) is 6.54. The minimum atomic E-state index is 0.894. The molecule has 1 aromatic heterocycles. The Morgan fingerprint density at radius 1 is 1.50 bits per heavy atom. The monoisotopic (exact) mass is 282 g/mol. The minimum Gasteiger partial charge on any atom is -0.357 e. The summed E-state index contributed by atoms with van der Waals surface area (Å²) in [5.74, 6) is 2.01. The van der Waals surface area contributed by atoms with E-state index in [1.54, 1.807) is 0 Å². The molecule has 88 valence electrons. The SMILES string of the molecule is CCN(CC1CCC1)c1cc(C)c(Br)cn1. The van der Waals surface area contributed by atoms with Crippen molar-refractivity contribution < 1.29 is 0 Å². The molecule has 1 aliphatic carbocycles. The lowest BCUT2D eigenvalue weighted by atomic mass is 9.85. The average molecular weight is 283 g/mol. The van der Waals surface area contributed by atoms with Crippen LogP contribution >= 0.6 is 15.9 Å². The van der Waals surface area contributed by atoms with Gasteiger partial charge in [0.15, 0.2) is 0 Å². The summed E-state index contributed by atoms with van der Waals surface area (Å²) in [4.78, 5) is 6.89. The molecule has 0 unspecified atom stereocenters. The zero-order chi connectivity index (χ0) is 11.5. The van der Waals surface area contributed by atoms with Gasteiger partial charge in [-0.25, -0.2) is 4.98 Å². The number of aryl methyl sites for hydroxylation is 1. The molecule has 0 radical (unpaired) electrons. The minimum absolute atomic E-state index is 0.894. The van der Waals surface area contributed by atoms with E-state index in [9.17, 15) is 0 Å². The van der Waals surface area contributed by atoms with Gasteiger partial charge in [-0.15, -0.1) is 0 Å². The molecule has 1 saturated carbocycles. The summed E-state index contributed by atoms with van der Waals surface area (Å²) >= 11 is 3.50. The number of hydrogen-bond acceptors (Lipinski definition) is 2. The Labute approximate surface area is 106 Å². The van der Waals surface area contributed by atoms with Crippen LogP contribution in [0.1, 0.15) is 31.7 Å². The topological polar surface area (TPSA) is 16.1 Å². The van der Waals surface area contributed by atoms with E-state index in [2.05, 4.69) is 45.7 Å². The largest absolute Gasteiger partial charge is 0.357 e. The predicted molar refractivity (Wildman–Crippen MR) is 71.9 cm³/mol. The van der Waals surface area contributed by atoms with Crippen LogP contribution in [0.5, 0.6) is 0 Å². The standard InChI is InChI=1S/C13H19BrN2/c1-3-16(9-11-5-4-6-11)13-7-10(2)12(14)8-15-13/h7-8,11H,3-6,9H2,1-2H3. The molecule has 0 bridgehead atoms. The van der Waals surface area contributed by atoms with Crippen molar-refractivity contribution in [1.82, 2.24) is 4.98 Å². The van der Waals surface area contributed by atoms with Crippen LogP contribution in [-0.4, -0.2) is 18.1 Å². The second kappa shape index (κ2) is 5.17. The summed E-state index contributed by atoms with van der Waals surface area (Å²) in [6, 6.07) is 2.17. The van der Waals surface area contributed by atoms with Gasteiger partial charge < -0.3 is 4.90 Å². The lowest BCUT2D eigenvalue weighted by molar-refractivity contribution is 0.318. The van der Waals surface area contributed by atoms with Gasteiger partial charge in [-0.2, -0.15) is 0 Å². The number of rotatable bonds is 4. The molecule has 1 aliphatic rings. The molecule has 1 heterocycles. The molecule has 0 saturated heterocycles. The van der Waals surface area contributed by atoms with Crippen LogP contribution in [-0.2, 0) is 0 Å². The van der Waals surface area contributed by atoms with Crippen molar-refractivity contribution in [3.8, 4) is 0 Å². The molecule has 1 fully saturated rings. The van der Waals surface area contributed by atoms with E-state index < -0.39 is 0 Å². The van der Waals surface area contributed by atoms with E-state index in [0.717, 1.165) is 22.8 Å². The summed E-state index contributed by atoms with van der Waals surface area (Å²) in [5, 5.41) is 0. The maximum absolute atomic E-state index is 4.50. The fourth-order valence-electron chi connectivity index (χ4n) is 2.07. The molecule has 0 spiro atoms. The highest BCUT2D eigenvalue weighted by Crippen LogP contribution is 2.29. The van der Waals surface area contributed by atoms with Crippen molar-refractivity contribution in [2.45, 2.75) is 33.1 Å². The molecule has 16 heavy (non-hydrogen) atoms. The summed E-state index contributed by atoms with van der Waals surface area (Å²) in [5.41, 5.74) is 1.26. The smallest absolute Gasteiger partial charge is 0.128 e. The van der Waals surface area contributed by atoms with Crippen LogP contribution in [0.15, 0.2) is 16.7 Å². The van der Waals surface area contributed by atoms with E-state index in [4.69, 9.17) is 0 Å². The Bertz CT molecular complexity index is 361. The Balaban J connectivity index is 2.09. The number of hydrogen-bond donors (Lipinski definition) is 0. The molecular formula is C13H19BrN2. The van der Waals surface area contributed by atoms with Gasteiger partial charge in [-0.3, -0.25) is 0 Å². The van der Waals surface area contributed by atoms with Crippen LogP contribution in [0, 0.1) is 12.8 Å². The predicted octanol–water partition coefficient (Wildman–Crippen LogP) is 3.78. The quantitative estimate of drug-likeness (QED) is 0.836. The highest BCUT2D eigenvalue weighted by molar-refractivity contribution is 9.10. The van der Waals surface area contributed by atoms with Crippen molar-refractivity contribution in [3.05, 3.63) is 22.3 Å². The Morgan fingerprint density at radius 2 is 2.25 bits per heavy atom. The molecule has 0 aromatic carbocycles. The van der Waals surface area contributed by atoms with Gasteiger partial charge in [-0.1, -0.05) is 6.42 Å². The van der Waals surface area contributed by atoms with Crippen LogP contribution in [0.4, 0.5) is 5.82 Å². The summed E-state index contributed by atoms with van der Waals surface area (Å²) in [7, 11) is 0. The van der Waals surface area contributed by atoms with Crippen molar-refractivity contribution in [1.29, 1.82) is 0 Å². The highest BCUT2D eigenvalue weighted by atomic mass is 79.9. The fraction of sp³-hybridized carbons (Fsp3) is 0.615. The van der Waals surface area contributed by atoms with Gasteiger partial charge in [0.2, 0.25) is 0 Å². The highest BCUT2D eigenvalue weighted by Gasteiger charge is 2.20. The molecule has 0 atom stereocenters. The molecule has 1 aromatic rings. The van der Waals surface area contributed by atoms with Gasteiger partial charge in [0.1, 0.15) is 5.82 Å². The third-order valence-electron chi connectivity index (χ3n) is 3.44. The van der Waals surface area contributed by atoms with Crippen LogP contribution < -0.4 is 4.90 Å². The lowest BCUT2D eigenvalue weighted by Gasteiger charge is -2.32. The van der Waals surface area contributed by atoms with Gasteiger partial charge in [0.25, 0.3) is 0 Å². The van der Waals surface area contributed by atoms with Crippen molar-refractivity contribution in [2.24, 2.45) is 5.92 Å². The molecule has 2 nitrogen and oxygen atoms in total. The normalized spacial score (nSPS) is 15.9. The molecule has 0 N–H and O–H groups in total. The zero-order valence-electron chi connectivity index (χ0n) is 10.0. The van der Waals surface area contributed by atoms with Gasteiger partial charge in [0, 0.05) is 23.8 Å². The van der Waals surface area contributed by atoms with E-state index in [1.807, 2.05) is 6.20 Å². The van der Waals surface area contributed by atoms with E-state index >= 15 is 0 Å². The summed E-state index contributed by atoms with van der Waals surface area (Å²) in [6.07, 6.45) is 6.11. The molecule has 3 heteroatoms. The number of nitrogens with zero attached hydrogens (tertiary/aromatic N) is 2. The van der Waals surface area contributed by atoms with Crippen molar-refractivity contribution in [2.75, 3.05) is 18.0 Å². The first-order chi connectivity index (χ1) is 7.70. The van der Waals surface area contributed by atoms with E-state index in [0.29, 0.717) is 0 Å². The van der Waals surface area contributed by atoms with Gasteiger partial charge >= 0.3 is 0 Å². The Hall–Kier alpha value is -0.570.